The Bertz CT molecular complexity index is 609. The standard InChI is InChI=1S/C15H16N2O4/c18-13-9-17(12-3-1-2-11(8-12)14(19)20)15(21)16(13)7-6-10-4-5-10/h1-3,8,10H,4-7,9H2,(H,19,20). The van der Waals surface area contributed by atoms with Gasteiger partial charge in [0.1, 0.15) is 6.54 Å². The monoisotopic (exact) mass is 288 g/mol. The number of carbonyl (C=O) groups excluding carboxylic acids is 2. The molecule has 1 aromatic rings. The van der Waals surface area contributed by atoms with Crippen molar-refractivity contribution in [3.8, 4) is 0 Å². The van der Waals surface area contributed by atoms with E-state index in [0.29, 0.717) is 18.2 Å². The molecule has 1 aromatic carbocycles. The third kappa shape index (κ3) is 2.74. The number of carboxylic acids is 1. The molecule has 1 N–H and O–H groups in total. The maximum absolute atomic E-state index is 12.3. The number of carbonyl (C=O) groups is 3. The van der Waals surface area contributed by atoms with Gasteiger partial charge in [0.25, 0.3) is 5.91 Å². The molecule has 0 unspecified atom stereocenters. The van der Waals surface area contributed by atoms with Crippen molar-refractivity contribution in [2.45, 2.75) is 19.3 Å². The molecule has 110 valence electrons. The van der Waals surface area contributed by atoms with Gasteiger partial charge in [-0.3, -0.25) is 14.6 Å². The zero-order valence-corrected chi connectivity index (χ0v) is 11.5. The lowest BCUT2D eigenvalue weighted by Crippen LogP contribution is -2.34. The molecule has 1 aliphatic heterocycles. The summed E-state index contributed by atoms with van der Waals surface area (Å²) in [4.78, 5) is 37.9. The van der Waals surface area contributed by atoms with Crippen LogP contribution in [0.4, 0.5) is 10.5 Å². The van der Waals surface area contributed by atoms with Crippen LogP contribution < -0.4 is 4.90 Å². The molecule has 21 heavy (non-hydrogen) atoms. The normalized spacial score (nSPS) is 18.5. The molecular formula is C15H16N2O4. The van der Waals surface area contributed by atoms with Crippen molar-refractivity contribution >= 4 is 23.6 Å². The summed E-state index contributed by atoms with van der Waals surface area (Å²) < 4.78 is 0. The first-order valence-electron chi connectivity index (χ1n) is 7.01. The number of urea groups is 1. The van der Waals surface area contributed by atoms with Gasteiger partial charge < -0.3 is 5.11 Å². The van der Waals surface area contributed by atoms with E-state index in [2.05, 4.69) is 0 Å². The molecule has 1 saturated heterocycles. The molecular weight excluding hydrogens is 272 g/mol. The van der Waals surface area contributed by atoms with Crippen LogP contribution in [0.2, 0.25) is 0 Å². The Morgan fingerprint density at radius 3 is 2.71 bits per heavy atom. The summed E-state index contributed by atoms with van der Waals surface area (Å²) >= 11 is 0. The Morgan fingerprint density at radius 1 is 1.29 bits per heavy atom. The molecule has 0 bridgehead atoms. The van der Waals surface area contributed by atoms with Crippen molar-refractivity contribution in [1.82, 2.24) is 4.90 Å². The van der Waals surface area contributed by atoms with E-state index in [1.54, 1.807) is 12.1 Å². The fourth-order valence-corrected chi connectivity index (χ4v) is 2.49. The van der Waals surface area contributed by atoms with E-state index in [9.17, 15) is 14.4 Å². The molecule has 1 aliphatic carbocycles. The Hall–Kier alpha value is -2.37. The third-order valence-electron chi connectivity index (χ3n) is 3.92. The highest BCUT2D eigenvalue weighted by atomic mass is 16.4. The van der Waals surface area contributed by atoms with Crippen LogP contribution in [0.25, 0.3) is 0 Å². The van der Waals surface area contributed by atoms with Gasteiger partial charge in [0.15, 0.2) is 0 Å². The molecule has 2 aliphatic rings. The number of benzene rings is 1. The molecule has 1 saturated carbocycles. The molecule has 0 atom stereocenters. The molecule has 1 heterocycles. The molecule has 0 radical (unpaired) electrons. The molecule has 6 heteroatoms. The van der Waals surface area contributed by atoms with Gasteiger partial charge in [0.2, 0.25) is 0 Å². The number of nitrogens with zero attached hydrogens (tertiary/aromatic N) is 2. The quantitative estimate of drug-likeness (QED) is 0.840. The minimum absolute atomic E-state index is 0.0213. The van der Waals surface area contributed by atoms with Gasteiger partial charge in [-0.15, -0.1) is 0 Å². The second kappa shape index (κ2) is 5.20. The van der Waals surface area contributed by atoms with Crippen molar-refractivity contribution in [3.63, 3.8) is 0 Å². The highest BCUT2D eigenvalue weighted by molar-refractivity contribution is 6.12. The number of aromatic carboxylic acids is 1. The van der Waals surface area contributed by atoms with Crippen LogP contribution in [0.5, 0.6) is 0 Å². The number of carboxylic acid groups (broad SMARTS) is 1. The van der Waals surface area contributed by atoms with E-state index in [-0.39, 0.29) is 24.0 Å². The molecule has 2 fully saturated rings. The summed E-state index contributed by atoms with van der Waals surface area (Å²) in [5.74, 6) is -0.628. The van der Waals surface area contributed by atoms with Crippen LogP contribution in [0.1, 0.15) is 29.6 Å². The topological polar surface area (TPSA) is 77.9 Å². The van der Waals surface area contributed by atoms with Crippen molar-refractivity contribution in [2.75, 3.05) is 18.0 Å². The highest BCUT2D eigenvalue weighted by Gasteiger charge is 2.37. The minimum Gasteiger partial charge on any atom is -0.478 e. The first-order valence-corrected chi connectivity index (χ1v) is 7.01. The summed E-state index contributed by atoms with van der Waals surface area (Å²) in [5, 5.41) is 8.99. The smallest absolute Gasteiger partial charge is 0.335 e. The molecule has 3 rings (SSSR count). The number of amides is 3. The van der Waals surface area contributed by atoms with E-state index >= 15 is 0 Å². The second-order valence-electron chi connectivity index (χ2n) is 5.50. The van der Waals surface area contributed by atoms with Crippen LogP contribution in [-0.2, 0) is 4.79 Å². The first kappa shape index (κ1) is 13.6. The SMILES string of the molecule is O=C(O)c1cccc(N2CC(=O)N(CCC3CC3)C2=O)c1. The van der Waals surface area contributed by atoms with E-state index in [0.717, 1.165) is 6.42 Å². The first-order chi connectivity index (χ1) is 10.1. The van der Waals surface area contributed by atoms with Crippen LogP contribution in [0.15, 0.2) is 24.3 Å². The number of hydrogen-bond donors (Lipinski definition) is 1. The zero-order valence-electron chi connectivity index (χ0n) is 11.5. The van der Waals surface area contributed by atoms with Crippen LogP contribution in [-0.4, -0.2) is 41.0 Å². The van der Waals surface area contributed by atoms with Crippen molar-refractivity contribution in [2.24, 2.45) is 5.92 Å². The summed E-state index contributed by atoms with van der Waals surface area (Å²) in [7, 11) is 0. The maximum atomic E-state index is 12.3. The predicted octanol–water partition coefficient (Wildman–Crippen LogP) is 1.95. The fourth-order valence-electron chi connectivity index (χ4n) is 2.49. The number of imide groups is 1. The fraction of sp³-hybridized carbons (Fsp3) is 0.400. The average molecular weight is 288 g/mol. The number of anilines is 1. The van der Waals surface area contributed by atoms with E-state index in [1.807, 2.05) is 0 Å². The lowest BCUT2D eigenvalue weighted by atomic mass is 10.2. The van der Waals surface area contributed by atoms with Gasteiger partial charge in [0.05, 0.1) is 5.56 Å². The maximum Gasteiger partial charge on any atom is 0.335 e. The summed E-state index contributed by atoms with van der Waals surface area (Å²) in [6.07, 6.45) is 3.22. The van der Waals surface area contributed by atoms with Crippen molar-refractivity contribution in [3.05, 3.63) is 29.8 Å². The van der Waals surface area contributed by atoms with Crippen LogP contribution in [0.3, 0.4) is 0 Å². The van der Waals surface area contributed by atoms with Gasteiger partial charge in [-0.05, 0) is 30.5 Å². The summed E-state index contributed by atoms with van der Waals surface area (Å²) in [6.45, 7) is 0.435. The summed E-state index contributed by atoms with van der Waals surface area (Å²) in [6, 6.07) is 5.73. The van der Waals surface area contributed by atoms with Gasteiger partial charge in [0, 0.05) is 12.2 Å². The second-order valence-corrected chi connectivity index (χ2v) is 5.50. The Morgan fingerprint density at radius 2 is 2.05 bits per heavy atom. The molecule has 3 amide bonds. The molecule has 0 spiro atoms. The van der Waals surface area contributed by atoms with E-state index in [4.69, 9.17) is 5.11 Å². The molecule has 6 nitrogen and oxygen atoms in total. The Balaban J connectivity index is 1.76. The van der Waals surface area contributed by atoms with Crippen molar-refractivity contribution in [1.29, 1.82) is 0 Å². The Labute approximate surface area is 122 Å². The van der Waals surface area contributed by atoms with Crippen molar-refractivity contribution < 1.29 is 19.5 Å². The molecule has 0 aromatic heterocycles. The summed E-state index contributed by atoms with van der Waals surface area (Å²) in [5.41, 5.74) is 0.548. The van der Waals surface area contributed by atoms with Gasteiger partial charge in [-0.1, -0.05) is 18.9 Å². The van der Waals surface area contributed by atoms with Crippen LogP contribution >= 0.6 is 0 Å². The van der Waals surface area contributed by atoms with Crippen LogP contribution in [0, 0.1) is 5.92 Å². The highest BCUT2D eigenvalue weighted by Crippen LogP contribution is 2.33. The average Bonchev–Trinajstić information content (AvgIpc) is 3.24. The third-order valence-corrected chi connectivity index (χ3v) is 3.92. The van der Waals surface area contributed by atoms with Gasteiger partial charge in [-0.25, -0.2) is 9.59 Å². The van der Waals surface area contributed by atoms with E-state index < -0.39 is 5.97 Å². The number of hydrogen-bond acceptors (Lipinski definition) is 3. The largest absolute Gasteiger partial charge is 0.478 e. The predicted molar refractivity (Wildman–Crippen MR) is 75.2 cm³/mol. The lowest BCUT2D eigenvalue weighted by Gasteiger charge is -2.17. The number of rotatable bonds is 5. The lowest BCUT2D eigenvalue weighted by molar-refractivity contribution is -0.124. The zero-order chi connectivity index (χ0) is 15.0. The Kier molecular flexibility index (Phi) is 3.37. The van der Waals surface area contributed by atoms with Gasteiger partial charge >= 0.3 is 12.0 Å². The van der Waals surface area contributed by atoms with Gasteiger partial charge in [-0.2, -0.15) is 0 Å². The minimum atomic E-state index is -1.06. The van der Waals surface area contributed by atoms with E-state index in [1.165, 1.54) is 34.8 Å².